The predicted octanol–water partition coefficient (Wildman–Crippen LogP) is 0.669. The normalized spacial score (nSPS) is 22.8. The molecule has 0 saturated carbocycles. The molecular formula is C21H26N2O12P2. The number of carbonyl (C=O) groups excluding carboxylic acids is 2. The lowest BCUT2D eigenvalue weighted by molar-refractivity contribution is -0.132. The van der Waals surface area contributed by atoms with Crippen LogP contribution in [0, 0.1) is 0 Å². The van der Waals surface area contributed by atoms with Crippen LogP contribution in [-0.2, 0) is 34.3 Å². The molecule has 202 valence electrons. The summed E-state index contributed by atoms with van der Waals surface area (Å²) >= 11 is 0. The van der Waals surface area contributed by atoms with E-state index in [1.54, 1.807) is 12.1 Å². The lowest BCUT2D eigenvalue weighted by atomic mass is 10.1. The fourth-order valence-corrected chi connectivity index (χ4v) is 4.55. The largest absolute Gasteiger partial charge is 0.476 e. The number of phosphoric acid groups is 1. The average Bonchev–Trinajstić information content (AvgIpc) is 3.42. The van der Waals surface area contributed by atoms with Crippen molar-refractivity contribution in [2.45, 2.75) is 31.1 Å². The minimum Gasteiger partial charge on any atom is -0.459 e. The number of amides is 2. The highest BCUT2D eigenvalue weighted by molar-refractivity contribution is 7.57. The van der Waals surface area contributed by atoms with Crippen LogP contribution in [0.15, 0.2) is 59.2 Å². The number of furan rings is 1. The van der Waals surface area contributed by atoms with E-state index >= 15 is 0 Å². The minimum atomic E-state index is -5.01. The summed E-state index contributed by atoms with van der Waals surface area (Å²) in [5.41, 5.74) is 0.884. The van der Waals surface area contributed by atoms with Gasteiger partial charge in [-0.1, -0.05) is 30.3 Å². The van der Waals surface area contributed by atoms with Crippen molar-refractivity contribution >= 4 is 28.7 Å². The van der Waals surface area contributed by atoms with Gasteiger partial charge in [0, 0.05) is 24.9 Å². The maximum absolute atomic E-state index is 12.5. The van der Waals surface area contributed by atoms with E-state index in [1.807, 2.05) is 30.3 Å². The Hall–Kier alpha value is -2.48. The molecule has 16 heteroatoms. The fraction of sp³-hybridized carbons (Fsp3) is 0.333. The molecule has 1 saturated heterocycles. The molecule has 5 atom stereocenters. The number of likely N-dealkylation sites (N-methyl/N-ethyl adjacent to an activating group) is 1. The van der Waals surface area contributed by atoms with Crippen LogP contribution in [0.2, 0.25) is 0 Å². The number of hydrogen-bond acceptors (Lipinski definition) is 10. The van der Waals surface area contributed by atoms with Crippen LogP contribution < -0.4 is 0 Å². The van der Waals surface area contributed by atoms with Crippen molar-refractivity contribution in [2.75, 3.05) is 13.7 Å². The van der Waals surface area contributed by atoms with E-state index < -0.39 is 53.5 Å². The first kappa shape index (κ1) is 29.1. The number of aliphatic hydroxyl groups excluding tert-OH is 2. The van der Waals surface area contributed by atoms with Gasteiger partial charge < -0.3 is 43.5 Å². The zero-order chi connectivity index (χ0) is 27.2. The van der Waals surface area contributed by atoms with Crippen molar-refractivity contribution in [2.24, 2.45) is 0 Å². The molecule has 2 heterocycles. The Morgan fingerprint density at radius 3 is 2.51 bits per heavy atom. The number of benzene rings is 1. The predicted molar refractivity (Wildman–Crippen MR) is 127 cm³/mol. The monoisotopic (exact) mass is 560 g/mol. The Morgan fingerprint density at radius 2 is 1.86 bits per heavy atom. The van der Waals surface area contributed by atoms with Crippen LogP contribution in [0.1, 0.15) is 5.76 Å². The van der Waals surface area contributed by atoms with Crippen molar-refractivity contribution in [1.82, 2.24) is 9.80 Å². The minimum absolute atomic E-state index is 0.138. The molecule has 0 bridgehead atoms. The van der Waals surface area contributed by atoms with E-state index in [1.165, 1.54) is 11.9 Å². The lowest BCUT2D eigenvalue weighted by Gasteiger charge is -2.23. The third kappa shape index (κ3) is 8.25. The second kappa shape index (κ2) is 12.9. The van der Waals surface area contributed by atoms with E-state index in [2.05, 4.69) is 4.31 Å². The second-order valence-electron chi connectivity index (χ2n) is 7.85. The van der Waals surface area contributed by atoms with E-state index in [0.29, 0.717) is 11.5 Å². The van der Waals surface area contributed by atoms with Crippen molar-refractivity contribution in [3.63, 3.8) is 0 Å². The molecule has 5 N–H and O–H groups in total. The molecule has 5 unspecified atom stereocenters. The summed E-state index contributed by atoms with van der Waals surface area (Å²) in [7, 11) is -6.49. The molecule has 1 aromatic carbocycles. The Morgan fingerprint density at radius 1 is 1.16 bits per heavy atom. The van der Waals surface area contributed by atoms with E-state index in [0.717, 1.165) is 22.7 Å². The molecule has 2 aromatic rings. The summed E-state index contributed by atoms with van der Waals surface area (Å²) in [6, 6.07) is 12.9. The molecule has 1 aromatic heterocycles. The summed E-state index contributed by atoms with van der Waals surface area (Å²) in [5.74, 6) is 0.672. The average molecular weight is 560 g/mol. The number of rotatable bonds is 12. The van der Waals surface area contributed by atoms with Crippen LogP contribution >= 0.6 is 16.4 Å². The first-order valence-electron chi connectivity index (χ1n) is 10.7. The second-order valence-corrected chi connectivity index (χ2v) is 10.2. The van der Waals surface area contributed by atoms with Crippen molar-refractivity contribution in [3.8, 4) is 11.3 Å². The quantitative estimate of drug-likeness (QED) is 0.138. The fourth-order valence-electron chi connectivity index (χ4n) is 3.35. The highest BCUT2D eigenvalue weighted by atomic mass is 31.3. The van der Waals surface area contributed by atoms with Crippen LogP contribution in [0.25, 0.3) is 11.3 Å². The van der Waals surface area contributed by atoms with Crippen LogP contribution in [0.3, 0.4) is 0 Å². The highest BCUT2D eigenvalue weighted by Crippen LogP contribution is 2.52. The number of carbonyl (C=O) groups is 2. The van der Waals surface area contributed by atoms with Crippen molar-refractivity contribution in [1.29, 1.82) is 0 Å². The van der Waals surface area contributed by atoms with E-state index in [4.69, 9.17) is 23.5 Å². The van der Waals surface area contributed by atoms with Gasteiger partial charge in [-0.05, 0) is 12.1 Å². The maximum atomic E-state index is 12.5. The molecule has 0 spiro atoms. The number of aliphatic hydroxyl groups is 2. The summed E-state index contributed by atoms with van der Waals surface area (Å²) in [6.07, 6.45) is -3.53. The van der Waals surface area contributed by atoms with Gasteiger partial charge in [0.15, 0.2) is 6.23 Å². The van der Waals surface area contributed by atoms with Crippen LogP contribution in [-0.4, -0.2) is 85.2 Å². The summed E-state index contributed by atoms with van der Waals surface area (Å²) in [5, 5.41) is 20.4. The first-order chi connectivity index (χ1) is 17.5. The zero-order valence-electron chi connectivity index (χ0n) is 19.4. The molecule has 3 rings (SSSR count). The van der Waals surface area contributed by atoms with Gasteiger partial charge in [0.2, 0.25) is 12.3 Å². The molecule has 1 fully saturated rings. The molecule has 2 amide bonds. The molecule has 37 heavy (non-hydrogen) atoms. The smallest absolute Gasteiger partial charge is 0.459 e. The molecule has 0 aliphatic carbocycles. The molecule has 1 aliphatic rings. The van der Waals surface area contributed by atoms with Gasteiger partial charge in [-0.2, -0.15) is 0 Å². The molecule has 0 radical (unpaired) electrons. The Bertz CT molecular complexity index is 1120. The van der Waals surface area contributed by atoms with E-state index in [9.17, 15) is 29.3 Å². The summed E-state index contributed by atoms with van der Waals surface area (Å²) in [6.45, 7) is -0.484. The summed E-state index contributed by atoms with van der Waals surface area (Å²) < 4.78 is 30.5. The third-order valence-electron chi connectivity index (χ3n) is 5.16. The van der Waals surface area contributed by atoms with Crippen LogP contribution in [0.5, 0.6) is 0 Å². The summed E-state index contributed by atoms with van der Waals surface area (Å²) in [4.78, 5) is 52.9. The molecule has 14 nitrogen and oxygen atoms in total. The highest BCUT2D eigenvalue weighted by Gasteiger charge is 2.45. The lowest BCUT2D eigenvalue weighted by Crippen LogP contribution is -2.41. The number of hydrogen-bond donors (Lipinski definition) is 5. The van der Waals surface area contributed by atoms with Gasteiger partial charge in [-0.25, -0.2) is 8.88 Å². The van der Waals surface area contributed by atoms with E-state index in [-0.39, 0.29) is 13.0 Å². The zero-order valence-corrected chi connectivity index (χ0v) is 21.2. The Kier molecular flexibility index (Phi) is 10.1. The molecule has 1 aliphatic heterocycles. The van der Waals surface area contributed by atoms with Gasteiger partial charge in [0.05, 0.1) is 13.2 Å². The SMILES string of the molecule is CN(Cc1ccc(-c2ccccc2)o1)C(=O)/C=C\N(C=O)C1OC(COP(O)OP(=O)(O)O)C(O)C1O. The van der Waals surface area contributed by atoms with Gasteiger partial charge >= 0.3 is 16.4 Å². The maximum Gasteiger partial charge on any atom is 0.476 e. The first-order valence-corrected chi connectivity index (χ1v) is 13.3. The number of nitrogens with zero attached hydrogens (tertiary/aromatic N) is 2. The standard InChI is InChI=1S/C21H26N2O12P2/c1-22(11-15-7-8-16(33-15)14-5-3-2-4-6-14)18(25)9-10-23(13-24)21-20(27)19(26)17(34-21)12-32-36(28)35-37(29,30)31/h2-10,13,17,19-21,26-28H,11-12H2,1H3,(H2,29,30,31)/b10-9-. The van der Waals surface area contributed by atoms with Crippen molar-refractivity contribution in [3.05, 3.63) is 60.5 Å². The van der Waals surface area contributed by atoms with Gasteiger partial charge in [0.1, 0.15) is 29.8 Å². The molecular weight excluding hydrogens is 534 g/mol. The third-order valence-corrected chi connectivity index (χ3v) is 6.94. The Labute approximate surface area is 212 Å². The van der Waals surface area contributed by atoms with Gasteiger partial charge in [0.25, 0.3) is 0 Å². The van der Waals surface area contributed by atoms with Crippen LogP contribution in [0.4, 0.5) is 0 Å². The Balaban J connectivity index is 1.55. The van der Waals surface area contributed by atoms with Gasteiger partial charge in [-0.3, -0.25) is 14.5 Å². The van der Waals surface area contributed by atoms with Crippen molar-refractivity contribution < 1.29 is 57.0 Å². The number of ether oxygens (including phenoxy) is 1. The topological polar surface area (TPSA) is 200 Å². The van der Waals surface area contributed by atoms with Gasteiger partial charge in [-0.15, -0.1) is 0 Å².